The van der Waals surface area contributed by atoms with Crippen LogP contribution in [-0.2, 0) is 6.54 Å². The summed E-state index contributed by atoms with van der Waals surface area (Å²) in [7, 11) is 0. The van der Waals surface area contributed by atoms with Crippen molar-refractivity contribution in [3.05, 3.63) is 58.3 Å². The zero-order valence-corrected chi connectivity index (χ0v) is 13.4. The fourth-order valence-corrected chi connectivity index (χ4v) is 2.80. The Hall–Kier alpha value is -2.74. The molecule has 0 aliphatic heterocycles. The zero-order valence-electron chi connectivity index (χ0n) is 12.6. The largest absolute Gasteiger partial charge is 0.440 e. The average molecular weight is 349 g/mol. The van der Waals surface area contributed by atoms with Crippen molar-refractivity contribution in [2.75, 3.05) is 5.32 Å². The lowest BCUT2D eigenvalue weighted by Crippen LogP contribution is -2.14. The lowest BCUT2D eigenvalue weighted by atomic mass is 10.1. The van der Waals surface area contributed by atoms with Gasteiger partial charge in [-0.15, -0.1) is 11.3 Å². The summed E-state index contributed by atoms with van der Waals surface area (Å²) < 4.78 is 32.9. The number of primary amides is 1. The lowest BCUT2D eigenvalue weighted by molar-refractivity contribution is 0.0996. The Bertz CT molecular complexity index is 891. The van der Waals surface area contributed by atoms with Gasteiger partial charge in [0.1, 0.15) is 23.1 Å². The molecule has 24 heavy (non-hydrogen) atoms. The number of halogens is 2. The molecule has 0 bridgehead atoms. The maximum Gasteiger partial charge on any atom is 0.251 e. The predicted molar refractivity (Wildman–Crippen MR) is 86.8 cm³/mol. The van der Waals surface area contributed by atoms with Crippen LogP contribution in [0.5, 0.6) is 0 Å². The van der Waals surface area contributed by atoms with E-state index in [1.807, 2.05) is 17.5 Å². The smallest absolute Gasteiger partial charge is 0.251 e. The molecule has 5 nitrogen and oxygen atoms in total. The van der Waals surface area contributed by atoms with E-state index in [-0.39, 0.29) is 17.8 Å². The molecular weight excluding hydrogens is 336 g/mol. The molecule has 1 aromatic carbocycles. The second kappa shape index (κ2) is 6.40. The van der Waals surface area contributed by atoms with E-state index >= 15 is 0 Å². The minimum absolute atomic E-state index is 0.0368. The third-order valence-electron chi connectivity index (χ3n) is 3.39. The molecule has 0 saturated carbocycles. The van der Waals surface area contributed by atoms with Gasteiger partial charge in [0.25, 0.3) is 5.91 Å². The quantitative estimate of drug-likeness (QED) is 0.736. The van der Waals surface area contributed by atoms with E-state index in [0.717, 1.165) is 10.9 Å². The molecule has 0 atom stereocenters. The minimum atomic E-state index is -0.997. The van der Waals surface area contributed by atoms with E-state index < -0.39 is 17.5 Å². The van der Waals surface area contributed by atoms with Gasteiger partial charge in [-0.2, -0.15) is 0 Å². The summed E-state index contributed by atoms with van der Waals surface area (Å²) in [6.07, 6.45) is 0. The average Bonchev–Trinajstić information content (AvgIpc) is 3.15. The number of nitrogens with two attached hydrogens (primary N) is 1. The first-order valence-electron chi connectivity index (χ1n) is 6.98. The molecule has 3 rings (SSSR count). The van der Waals surface area contributed by atoms with Crippen molar-refractivity contribution in [2.24, 2.45) is 5.73 Å². The SMILES string of the molecule is Cc1oc(-c2cccs2)nc1CNc1cc(C(N)=O)c(F)cc1F. The molecule has 0 aliphatic carbocycles. The number of oxazole rings is 1. The first-order chi connectivity index (χ1) is 11.5. The highest BCUT2D eigenvalue weighted by Gasteiger charge is 2.16. The van der Waals surface area contributed by atoms with Crippen LogP contribution in [-0.4, -0.2) is 10.9 Å². The number of aromatic nitrogens is 1. The van der Waals surface area contributed by atoms with Crippen molar-refractivity contribution in [1.82, 2.24) is 4.98 Å². The van der Waals surface area contributed by atoms with Crippen molar-refractivity contribution in [2.45, 2.75) is 13.5 Å². The Morgan fingerprint density at radius 2 is 2.17 bits per heavy atom. The molecule has 0 fully saturated rings. The topological polar surface area (TPSA) is 81.2 Å². The second-order valence-corrected chi connectivity index (χ2v) is 5.98. The molecule has 0 spiro atoms. The molecule has 3 N–H and O–H groups in total. The van der Waals surface area contributed by atoms with Crippen molar-refractivity contribution in [1.29, 1.82) is 0 Å². The third-order valence-corrected chi connectivity index (χ3v) is 4.25. The molecule has 124 valence electrons. The summed E-state index contributed by atoms with van der Waals surface area (Å²) in [5.41, 5.74) is 5.24. The van der Waals surface area contributed by atoms with Crippen LogP contribution < -0.4 is 11.1 Å². The molecule has 2 heterocycles. The first kappa shape index (κ1) is 16.1. The van der Waals surface area contributed by atoms with Gasteiger partial charge in [0.15, 0.2) is 0 Å². The van der Waals surface area contributed by atoms with Crippen LogP contribution in [0.15, 0.2) is 34.1 Å². The summed E-state index contributed by atoms with van der Waals surface area (Å²) >= 11 is 1.49. The van der Waals surface area contributed by atoms with Gasteiger partial charge in [-0.05, 0) is 24.4 Å². The monoisotopic (exact) mass is 349 g/mol. The molecule has 1 amide bonds. The van der Waals surface area contributed by atoms with E-state index in [9.17, 15) is 13.6 Å². The van der Waals surface area contributed by atoms with Gasteiger partial charge in [-0.1, -0.05) is 6.07 Å². The lowest BCUT2D eigenvalue weighted by Gasteiger charge is -2.08. The number of benzene rings is 1. The van der Waals surface area contributed by atoms with Crippen LogP contribution in [0.1, 0.15) is 21.8 Å². The van der Waals surface area contributed by atoms with E-state index in [1.165, 1.54) is 11.3 Å². The summed E-state index contributed by atoms with van der Waals surface area (Å²) in [5.74, 6) is -1.71. The van der Waals surface area contributed by atoms with Crippen LogP contribution in [0.25, 0.3) is 10.8 Å². The first-order valence-corrected chi connectivity index (χ1v) is 7.86. The molecular formula is C16H13F2N3O2S. The molecule has 2 aromatic heterocycles. The number of thiophene rings is 1. The number of rotatable bonds is 5. The molecule has 0 unspecified atom stereocenters. The highest BCUT2D eigenvalue weighted by Crippen LogP contribution is 2.26. The second-order valence-electron chi connectivity index (χ2n) is 5.03. The minimum Gasteiger partial charge on any atom is -0.440 e. The highest BCUT2D eigenvalue weighted by atomic mass is 32.1. The van der Waals surface area contributed by atoms with Gasteiger partial charge in [-0.3, -0.25) is 4.79 Å². The Labute approximate surface area is 140 Å². The van der Waals surface area contributed by atoms with Gasteiger partial charge in [0.05, 0.1) is 22.7 Å². The normalized spacial score (nSPS) is 10.8. The Morgan fingerprint density at radius 3 is 2.83 bits per heavy atom. The summed E-state index contributed by atoms with van der Waals surface area (Å²) in [5, 5.41) is 4.69. The number of nitrogens with zero attached hydrogens (tertiary/aromatic N) is 1. The fraction of sp³-hybridized carbons (Fsp3) is 0.125. The molecule has 0 saturated heterocycles. The summed E-state index contributed by atoms with van der Waals surface area (Å²) in [4.78, 5) is 16.4. The van der Waals surface area contributed by atoms with Crippen molar-refractivity contribution in [3.8, 4) is 10.8 Å². The van der Waals surface area contributed by atoms with E-state index in [2.05, 4.69) is 10.3 Å². The van der Waals surface area contributed by atoms with Crippen molar-refractivity contribution < 1.29 is 18.0 Å². The Kier molecular flexibility index (Phi) is 4.30. The van der Waals surface area contributed by atoms with Crippen molar-refractivity contribution in [3.63, 3.8) is 0 Å². The predicted octanol–water partition coefficient (Wildman–Crippen LogP) is 3.70. The Morgan fingerprint density at radius 1 is 1.38 bits per heavy atom. The summed E-state index contributed by atoms with van der Waals surface area (Å²) in [6, 6.07) is 5.43. The number of aryl methyl sites for hydroxylation is 1. The number of hydrogen-bond acceptors (Lipinski definition) is 5. The van der Waals surface area contributed by atoms with Crippen LogP contribution in [0.2, 0.25) is 0 Å². The molecule has 0 radical (unpaired) electrons. The zero-order chi connectivity index (χ0) is 17.3. The maximum atomic E-state index is 13.8. The van der Waals surface area contributed by atoms with Gasteiger partial charge in [0, 0.05) is 6.07 Å². The van der Waals surface area contributed by atoms with Crippen LogP contribution >= 0.6 is 11.3 Å². The standard InChI is InChI=1S/C16H13F2N3O2S/c1-8-13(21-16(23-8)14-3-2-4-24-14)7-20-12-5-9(15(19)22)10(17)6-11(12)18/h2-6,20H,7H2,1H3,(H2,19,22). The molecule has 3 aromatic rings. The van der Waals surface area contributed by atoms with Crippen molar-refractivity contribution >= 4 is 22.9 Å². The number of anilines is 1. The number of carbonyl (C=O) groups excluding carboxylic acids is 1. The van der Waals surface area contributed by atoms with Gasteiger partial charge < -0.3 is 15.5 Å². The van der Waals surface area contributed by atoms with Gasteiger partial charge in [0.2, 0.25) is 5.89 Å². The van der Waals surface area contributed by atoms with Crippen LogP contribution in [0.3, 0.4) is 0 Å². The fourth-order valence-electron chi connectivity index (χ4n) is 2.15. The van der Waals surface area contributed by atoms with Crippen LogP contribution in [0, 0.1) is 18.6 Å². The number of amides is 1. The molecule has 8 heteroatoms. The number of carbonyl (C=O) groups is 1. The van der Waals surface area contributed by atoms with Gasteiger partial charge >= 0.3 is 0 Å². The number of nitrogens with one attached hydrogen (secondary N) is 1. The molecule has 0 aliphatic rings. The van der Waals surface area contributed by atoms with E-state index in [4.69, 9.17) is 10.2 Å². The van der Waals surface area contributed by atoms with Gasteiger partial charge in [-0.25, -0.2) is 13.8 Å². The Balaban J connectivity index is 1.81. The van der Waals surface area contributed by atoms with E-state index in [0.29, 0.717) is 23.4 Å². The third kappa shape index (κ3) is 3.13. The van der Waals surface area contributed by atoms with Crippen LogP contribution in [0.4, 0.5) is 14.5 Å². The summed E-state index contributed by atoms with van der Waals surface area (Å²) in [6.45, 7) is 1.90. The van der Waals surface area contributed by atoms with E-state index in [1.54, 1.807) is 6.92 Å². The maximum absolute atomic E-state index is 13.8. The highest BCUT2D eigenvalue weighted by molar-refractivity contribution is 7.13. The number of hydrogen-bond donors (Lipinski definition) is 2.